The van der Waals surface area contributed by atoms with Gasteiger partial charge in [0, 0.05) is 28.3 Å². The Morgan fingerprint density at radius 2 is 1.96 bits per heavy atom. The van der Waals surface area contributed by atoms with Crippen molar-refractivity contribution >= 4 is 28.2 Å². The third kappa shape index (κ3) is 5.36. The van der Waals surface area contributed by atoms with Crippen LogP contribution < -0.4 is 5.32 Å². The summed E-state index contributed by atoms with van der Waals surface area (Å²) >= 11 is 6.05. The van der Waals surface area contributed by atoms with Crippen molar-refractivity contribution in [2.75, 3.05) is 25.0 Å². The lowest BCUT2D eigenvalue weighted by Crippen LogP contribution is -2.24. The van der Waals surface area contributed by atoms with Crippen LogP contribution >= 0.6 is 11.6 Å². The summed E-state index contributed by atoms with van der Waals surface area (Å²) in [6.07, 6.45) is 5.53. The molecular weight excluding hydrogens is 306 g/mol. The molecule has 4 heteroatoms. The molecule has 1 aromatic heterocycles. The molecule has 0 saturated carbocycles. The molecule has 0 aliphatic carbocycles. The SMILES string of the molecule is CCN(CC)CCCC[C@@H](C)Nc1ccnc2cc(Cl)ccc12. The van der Waals surface area contributed by atoms with Gasteiger partial charge in [-0.05, 0) is 63.7 Å². The molecule has 2 aromatic rings. The Hall–Kier alpha value is -1.32. The molecule has 0 saturated heterocycles. The van der Waals surface area contributed by atoms with E-state index in [9.17, 15) is 0 Å². The highest BCUT2D eigenvalue weighted by Crippen LogP contribution is 2.25. The standard InChI is InChI=1S/C19H28ClN3/c1-4-23(5-2)13-7-6-8-15(3)22-18-11-12-21-19-14-16(20)9-10-17(18)19/h9-12,14-15H,4-8,13H2,1-3H3,(H,21,22)/t15-/m1/s1. The summed E-state index contributed by atoms with van der Waals surface area (Å²) in [7, 11) is 0. The number of unbranched alkanes of at least 4 members (excludes halogenated alkanes) is 1. The lowest BCUT2D eigenvalue weighted by molar-refractivity contribution is 0.295. The minimum atomic E-state index is 0.452. The second-order valence-corrected chi connectivity index (χ2v) is 6.52. The first-order chi connectivity index (χ1) is 11.1. The van der Waals surface area contributed by atoms with Gasteiger partial charge in [-0.3, -0.25) is 4.98 Å². The number of fused-ring (bicyclic) bond motifs is 1. The number of benzene rings is 1. The van der Waals surface area contributed by atoms with Crippen LogP contribution in [0.15, 0.2) is 30.5 Å². The summed E-state index contributed by atoms with van der Waals surface area (Å²) in [6, 6.07) is 8.37. The quantitative estimate of drug-likeness (QED) is 0.639. The molecule has 0 unspecified atom stereocenters. The zero-order valence-corrected chi connectivity index (χ0v) is 15.2. The minimum absolute atomic E-state index is 0.452. The van der Waals surface area contributed by atoms with E-state index < -0.39 is 0 Å². The van der Waals surface area contributed by atoms with E-state index in [1.807, 2.05) is 30.5 Å². The second kappa shape index (κ2) is 9.09. The van der Waals surface area contributed by atoms with Crippen LogP contribution in [0.5, 0.6) is 0 Å². The maximum atomic E-state index is 6.05. The van der Waals surface area contributed by atoms with Gasteiger partial charge in [0.15, 0.2) is 0 Å². The summed E-state index contributed by atoms with van der Waals surface area (Å²) in [5, 5.41) is 5.48. The Bertz CT molecular complexity index is 611. The molecule has 23 heavy (non-hydrogen) atoms. The van der Waals surface area contributed by atoms with Crippen LogP contribution in [0.3, 0.4) is 0 Å². The summed E-state index contributed by atoms with van der Waals surface area (Å²) in [6.45, 7) is 10.2. The molecule has 2 rings (SSSR count). The van der Waals surface area contributed by atoms with Gasteiger partial charge in [0.25, 0.3) is 0 Å². The highest BCUT2D eigenvalue weighted by Gasteiger charge is 2.07. The zero-order valence-electron chi connectivity index (χ0n) is 14.5. The van der Waals surface area contributed by atoms with Crippen molar-refractivity contribution in [2.24, 2.45) is 0 Å². The first-order valence-electron chi connectivity index (χ1n) is 8.67. The maximum absolute atomic E-state index is 6.05. The van der Waals surface area contributed by atoms with Crippen LogP contribution in [0, 0.1) is 0 Å². The molecule has 1 heterocycles. The predicted molar refractivity (Wildman–Crippen MR) is 101 cm³/mol. The van der Waals surface area contributed by atoms with E-state index in [2.05, 4.69) is 36.0 Å². The van der Waals surface area contributed by atoms with Crippen LogP contribution in [-0.2, 0) is 0 Å². The largest absolute Gasteiger partial charge is 0.382 e. The fourth-order valence-electron chi connectivity index (χ4n) is 2.91. The number of halogens is 1. The molecule has 1 N–H and O–H groups in total. The number of hydrogen-bond acceptors (Lipinski definition) is 3. The van der Waals surface area contributed by atoms with Crippen molar-refractivity contribution in [1.29, 1.82) is 0 Å². The van der Waals surface area contributed by atoms with E-state index in [1.165, 1.54) is 25.8 Å². The minimum Gasteiger partial charge on any atom is -0.382 e. The van der Waals surface area contributed by atoms with Gasteiger partial charge in [-0.1, -0.05) is 31.9 Å². The Kier molecular flexibility index (Phi) is 7.13. The van der Waals surface area contributed by atoms with Crippen molar-refractivity contribution in [3.8, 4) is 0 Å². The first kappa shape index (κ1) is 18.0. The second-order valence-electron chi connectivity index (χ2n) is 6.09. The van der Waals surface area contributed by atoms with Crippen LogP contribution in [0.4, 0.5) is 5.69 Å². The molecule has 1 atom stereocenters. The topological polar surface area (TPSA) is 28.2 Å². The van der Waals surface area contributed by atoms with Gasteiger partial charge in [-0.2, -0.15) is 0 Å². The Morgan fingerprint density at radius 3 is 2.70 bits per heavy atom. The Morgan fingerprint density at radius 1 is 1.17 bits per heavy atom. The maximum Gasteiger partial charge on any atom is 0.0737 e. The van der Waals surface area contributed by atoms with Crippen molar-refractivity contribution < 1.29 is 0 Å². The smallest absolute Gasteiger partial charge is 0.0737 e. The van der Waals surface area contributed by atoms with Crippen molar-refractivity contribution in [3.05, 3.63) is 35.5 Å². The number of rotatable bonds is 9. The fraction of sp³-hybridized carbons (Fsp3) is 0.526. The molecule has 0 radical (unpaired) electrons. The van der Waals surface area contributed by atoms with Gasteiger partial charge in [0.05, 0.1) is 5.52 Å². The summed E-state index contributed by atoms with van der Waals surface area (Å²) < 4.78 is 0. The van der Waals surface area contributed by atoms with Gasteiger partial charge >= 0.3 is 0 Å². The van der Waals surface area contributed by atoms with E-state index in [0.29, 0.717) is 6.04 Å². The lowest BCUT2D eigenvalue weighted by Gasteiger charge is -2.19. The van der Waals surface area contributed by atoms with Crippen molar-refractivity contribution in [2.45, 2.75) is 46.1 Å². The molecular formula is C19H28ClN3. The molecule has 126 valence electrons. The highest BCUT2D eigenvalue weighted by atomic mass is 35.5. The van der Waals surface area contributed by atoms with E-state index in [-0.39, 0.29) is 0 Å². The number of hydrogen-bond donors (Lipinski definition) is 1. The molecule has 3 nitrogen and oxygen atoms in total. The summed E-state index contributed by atoms with van der Waals surface area (Å²) in [4.78, 5) is 6.88. The third-order valence-electron chi connectivity index (χ3n) is 4.36. The molecule has 0 spiro atoms. The summed E-state index contributed by atoms with van der Waals surface area (Å²) in [5.74, 6) is 0. The van der Waals surface area contributed by atoms with Crippen LogP contribution in [0.25, 0.3) is 10.9 Å². The van der Waals surface area contributed by atoms with Gasteiger partial charge in [0.1, 0.15) is 0 Å². The average molecular weight is 334 g/mol. The van der Waals surface area contributed by atoms with Gasteiger partial charge in [-0.25, -0.2) is 0 Å². The molecule has 0 fully saturated rings. The van der Waals surface area contributed by atoms with Crippen molar-refractivity contribution in [3.63, 3.8) is 0 Å². The lowest BCUT2D eigenvalue weighted by atomic mass is 10.1. The normalized spacial score (nSPS) is 12.7. The Labute approximate surface area is 145 Å². The fourth-order valence-corrected chi connectivity index (χ4v) is 3.08. The van der Waals surface area contributed by atoms with Crippen molar-refractivity contribution in [1.82, 2.24) is 9.88 Å². The number of nitrogens with one attached hydrogen (secondary N) is 1. The molecule has 0 amide bonds. The number of nitrogens with zero attached hydrogens (tertiary/aromatic N) is 2. The highest BCUT2D eigenvalue weighted by molar-refractivity contribution is 6.31. The monoisotopic (exact) mass is 333 g/mol. The summed E-state index contributed by atoms with van der Waals surface area (Å²) in [5.41, 5.74) is 2.08. The van der Waals surface area contributed by atoms with Gasteiger partial charge in [0.2, 0.25) is 0 Å². The first-order valence-corrected chi connectivity index (χ1v) is 9.05. The predicted octanol–water partition coefficient (Wildman–Crippen LogP) is 5.20. The Balaban J connectivity index is 1.87. The van der Waals surface area contributed by atoms with E-state index in [4.69, 9.17) is 11.6 Å². The van der Waals surface area contributed by atoms with E-state index >= 15 is 0 Å². The number of pyridine rings is 1. The number of aromatic nitrogens is 1. The molecule has 0 bridgehead atoms. The van der Waals surface area contributed by atoms with E-state index in [0.717, 1.165) is 34.7 Å². The zero-order chi connectivity index (χ0) is 16.7. The molecule has 1 aromatic carbocycles. The molecule has 0 aliphatic heterocycles. The van der Waals surface area contributed by atoms with Crippen LogP contribution in [0.2, 0.25) is 5.02 Å². The average Bonchev–Trinajstić information content (AvgIpc) is 2.55. The number of anilines is 1. The van der Waals surface area contributed by atoms with Gasteiger partial charge < -0.3 is 10.2 Å². The van der Waals surface area contributed by atoms with E-state index in [1.54, 1.807) is 0 Å². The third-order valence-corrected chi connectivity index (χ3v) is 4.60. The van der Waals surface area contributed by atoms with Crippen LogP contribution in [0.1, 0.15) is 40.0 Å². The van der Waals surface area contributed by atoms with Crippen LogP contribution in [-0.4, -0.2) is 35.6 Å². The van der Waals surface area contributed by atoms with Gasteiger partial charge in [-0.15, -0.1) is 0 Å². The molecule has 0 aliphatic rings.